The van der Waals surface area contributed by atoms with Gasteiger partial charge in [-0.2, -0.15) is 12.6 Å². The molecule has 0 unspecified atom stereocenters. The van der Waals surface area contributed by atoms with Crippen LogP contribution in [0.25, 0.3) is 11.3 Å². The summed E-state index contributed by atoms with van der Waals surface area (Å²) in [7, 11) is 1.63. The van der Waals surface area contributed by atoms with Gasteiger partial charge in [0.2, 0.25) is 11.8 Å². The van der Waals surface area contributed by atoms with Crippen molar-refractivity contribution in [2.45, 2.75) is 25.7 Å². The number of carbonyl (C=O) groups is 2. The lowest BCUT2D eigenvalue weighted by Gasteiger charge is -2.04. The fourth-order valence-electron chi connectivity index (χ4n) is 2.28. The molecule has 0 saturated heterocycles. The number of thiol groups is 1. The monoisotopic (exact) mass is 393 g/mol. The minimum absolute atomic E-state index is 0.0416. The predicted molar refractivity (Wildman–Crippen MR) is 108 cm³/mol. The third-order valence-corrected chi connectivity index (χ3v) is 4.73. The Bertz CT molecular complexity index is 717. The van der Waals surface area contributed by atoms with Crippen molar-refractivity contribution in [1.82, 2.24) is 10.3 Å². The third kappa shape index (κ3) is 6.68. The van der Waals surface area contributed by atoms with Gasteiger partial charge in [0.1, 0.15) is 5.75 Å². The van der Waals surface area contributed by atoms with E-state index in [1.54, 1.807) is 7.11 Å². The SMILES string of the molecule is COc1ccc(-c2csc(NC(=O)CCCCCNC(=O)CS)n2)cc1. The van der Waals surface area contributed by atoms with Crippen LogP contribution in [0.1, 0.15) is 25.7 Å². The number of unbranched alkanes of at least 4 members (excludes halogenated alkanes) is 2. The van der Waals surface area contributed by atoms with Crippen molar-refractivity contribution in [2.24, 2.45) is 0 Å². The van der Waals surface area contributed by atoms with Crippen molar-refractivity contribution in [1.29, 1.82) is 0 Å². The molecule has 8 heteroatoms. The van der Waals surface area contributed by atoms with Crippen LogP contribution in [0.2, 0.25) is 0 Å². The highest BCUT2D eigenvalue weighted by Gasteiger charge is 2.08. The number of rotatable bonds is 10. The van der Waals surface area contributed by atoms with Gasteiger partial charge in [0.05, 0.1) is 18.6 Å². The first-order chi connectivity index (χ1) is 12.6. The first-order valence-electron chi connectivity index (χ1n) is 8.39. The van der Waals surface area contributed by atoms with Gasteiger partial charge in [0.15, 0.2) is 5.13 Å². The Morgan fingerprint density at radius 1 is 1.15 bits per heavy atom. The molecule has 0 spiro atoms. The number of ether oxygens (including phenoxy) is 1. The van der Waals surface area contributed by atoms with Crippen LogP contribution in [-0.2, 0) is 9.59 Å². The zero-order valence-electron chi connectivity index (χ0n) is 14.7. The second kappa shape index (κ2) is 10.8. The molecule has 0 aliphatic heterocycles. The number of hydrogen-bond donors (Lipinski definition) is 3. The summed E-state index contributed by atoms with van der Waals surface area (Å²) >= 11 is 5.30. The van der Waals surface area contributed by atoms with E-state index in [9.17, 15) is 9.59 Å². The summed E-state index contributed by atoms with van der Waals surface area (Å²) in [5.41, 5.74) is 1.80. The fourth-order valence-corrected chi connectivity index (χ4v) is 3.13. The topological polar surface area (TPSA) is 80.3 Å². The lowest BCUT2D eigenvalue weighted by Crippen LogP contribution is -2.25. The minimum atomic E-state index is -0.0671. The molecule has 140 valence electrons. The molecule has 0 aliphatic rings. The van der Waals surface area contributed by atoms with Gasteiger partial charge in [-0.15, -0.1) is 11.3 Å². The van der Waals surface area contributed by atoms with E-state index in [1.807, 2.05) is 29.6 Å². The van der Waals surface area contributed by atoms with Gasteiger partial charge in [-0.3, -0.25) is 9.59 Å². The summed E-state index contributed by atoms with van der Waals surface area (Å²) in [6.07, 6.45) is 2.96. The lowest BCUT2D eigenvalue weighted by molar-refractivity contribution is -0.118. The molecular formula is C18H23N3O3S2. The number of anilines is 1. The van der Waals surface area contributed by atoms with Crippen LogP contribution >= 0.6 is 24.0 Å². The van der Waals surface area contributed by atoms with Crippen molar-refractivity contribution in [3.8, 4) is 17.0 Å². The number of amides is 2. The number of aromatic nitrogens is 1. The van der Waals surface area contributed by atoms with Crippen molar-refractivity contribution in [3.63, 3.8) is 0 Å². The normalized spacial score (nSPS) is 10.4. The summed E-state index contributed by atoms with van der Waals surface area (Å²) in [5.74, 6) is 0.889. The molecule has 1 aromatic heterocycles. The molecule has 0 saturated carbocycles. The molecule has 26 heavy (non-hydrogen) atoms. The Kier molecular flexibility index (Phi) is 8.43. The van der Waals surface area contributed by atoms with Crippen molar-refractivity contribution in [3.05, 3.63) is 29.6 Å². The Morgan fingerprint density at radius 3 is 2.62 bits per heavy atom. The molecule has 1 heterocycles. The average Bonchev–Trinajstić information content (AvgIpc) is 3.12. The number of nitrogens with one attached hydrogen (secondary N) is 2. The molecule has 6 nitrogen and oxygen atoms in total. The second-order valence-corrected chi connectivity index (χ2v) is 6.81. The van der Waals surface area contributed by atoms with Gasteiger partial charge in [-0.05, 0) is 37.1 Å². The predicted octanol–water partition coefficient (Wildman–Crippen LogP) is 3.36. The van der Waals surface area contributed by atoms with Crippen LogP contribution in [0.15, 0.2) is 29.6 Å². The molecule has 2 N–H and O–H groups in total. The number of nitrogens with zero attached hydrogens (tertiary/aromatic N) is 1. The number of benzene rings is 1. The van der Waals surface area contributed by atoms with Gasteiger partial charge in [0.25, 0.3) is 0 Å². The summed E-state index contributed by atoms with van der Waals surface area (Å²) in [6.45, 7) is 0.624. The van der Waals surface area contributed by atoms with E-state index in [1.165, 1.54) is 11.3 Å². The summed E-state index contributed by atoms with van der Waals surface area (Å²) in [6, 6.07) is 7.63. The van der Waals surface area contributed by atoms with Crippen LogP contribution < -0.4 is 15.4 Å². The zero-order valence-corrected chi connectivity index (χ0v) is 16.4. The van der Waals surface area contributed by atoms with Gasteiger partial charge in [-0.25, -0.2) is 4.98 Å². The van der Waals surface area contributed by atoms with Crippen molar-refractivity contribution >= 4 is 40.9 Å². The van der Waals surface area contributed by atoms with E-state index in [0.29, 0.717) is 18.1 Å². The maximum Gasteiger partial charge on any atom is 0.229 e. The molecule has 0 atom stereocenters. The van der Waals surface area contributed by atoms with Crippen molar-refractivity contribution in [2.75, 3.05) is 24.7 Å². The molecule has 0 fully saturated rings. The van der Waals surface area contributed by atoms with Crippen molar-refractivity contribution < 1.29 is 14.3 Å². The summed E-state index contributed by atoms with van der Waals surface area (Å²) < 4.78 is 5.14. The maximum absolute atomic E-state index is 12.0. The van der Waals surface area contributed by atoms with Crippen LogP contribution in [0, 0.1) is 0 Å². The fraction of sp³-hybridized carbons (Fsp3) is 0.389. The highest BCUT2D eigenvalue weighted by molar-refractivity contribution is 7.81. The molecule has 0 radical (unpaired) electrons. The Morgan fingerprint density at radius 2 is 1.92 bits per heavy atom. The first kappa shape index (κ1) is 20.3. The van der Waals surface area contributed by atoms with Crippen LogP contribution in [0.5, 0.6) is 5.75 Å². The molecule has 1 aromatic carbocycles. The van der Waals surface area contributed by atoms with Crippen LogP contribution in [0.4, 0.5) is 5.13 Å². The standard InChI is InChI=1S/C18H23N3O3S2/c1-24-14-8-6-13(7-9-14)15-12-26-18(20-15)21-16(22)5-3-2-4-10-19-17(23)11-25/h6-9,12,25H,2-5,10-11H2,1H3,(H,19,23)(H,20,21,22). The molecule has 2 aromatic rings. The molecule has 0 aliphatic carbocycles. The largest absolute Gasteiger partial charge is 0.497 e. The molecule has 2 rings (SSSR count). The van der Waals surface area contributed by atoms with E-state index >= 15 is 0 Å². The highest BCUT2D eigenvalue weighted by atomic mass is 32.1. The van der Waals surface area contributed by atoms with Gasteiger partial charge >= 0.3 is 0 Å². The number of carbonyl (C=O) groups excluding carboxylic acids is 2. The maximum atomic E-state index is 12.0. The zero-order chi connectivity index (χ0) is 18.8. The Labute approximate surface area is 162 Å². The van der Waals surface area contributed by atoms with Crippen LogP contribution in [-0.4, -0.2) is 36.2 Å². The van der Waals surface area contributed by atoms with Crippen LogP contribution in [0.3, 0.4) is 0 Å². The van der Waals surface area contributed by atoms with E-state index < -0.39 is 0 Å². The number of hydrogen-bond acceptors (Lipinski definition) is 6. The number of methoxy groups -OCH3 is 1. The number of thiazole rings is 1. The molecule has 2 amide bonds. The van der Waals surface area contributed by atoms with E-state index in [2.05, 4.69) is 28.2 Å². The average molecular weight is 394 g/mol. The smallest absolute Gasteiger partial charge is 0.229 e. The van der Waals surface area contributed by atoms with Gasteiger partial charge < -0.3 is 15.4 Å². The quantitative estimate of drug-likeness (QED) is 0.427. The van der Waals surface area contributed by atoms with E-state index in [-0.39, 0.29) is 17.6 Å². The Balaban J connectivity index is 1.71. The molecular weight excluding hydrogens is 370 g/mol. The lowest BCUT2D eigenvalue weighted by atomic mass is 10.2. The molecule has 0 bridgehead atoms. The summed E-state index contributed by atoms with van der Waals surface area (Å²) in [4.78, 5) is 27.5. The van der Waals surface area contributed by atoms with E-state index in [0.717, 1.165) is 36.3 Å². The van der Waals surface area contributed by atoms with Gasteiger partial charge in [0, 0.05) is 23.9 Å². The second-order valence-electron chi connectivity index (χ2n) is 5.63. The third-order valence-electron chi connectivity index (χ3n) is 3.68. The van der Waals surface area contributed by atoms with E-state index in [4.69, 9.17) is 4.74 Å². The highest BCUT2D eigenvalue weighted by Crippen LogP contribution is 2.26. The minimum Gasteiger partial charge on any atom is -0.497 e. The summed E-state index contributed by atoms with van der Waals surface area (Å²) in [5, 5.41) is 8.11. The Hall–Kier alpha value is -2.06. The first-order valence-corrected chi connectivity index (χ1v) is 9.91. The van der Waals surface area contributed by atoms with Gasteiger partial charge in [-0.1, -0.05) is 6.42 Å².